The predicted octanol–water partition coefficient (Wildman–Crippen LogP) is 4.59. The molecule has 0 amide bonds. The number of hydrogen-bond acceptors (Lipinski definition) is 2. The second-order valence-corrected chi connectivity index (χ2v) is 7.42. The molecule has 118 valence electrons. The zero-order chi connectivity index (χ0) is 15.4. The van der Waals surface area contributed by atoms with Gasteiger partial charge in [0.05, 0.1) is 6.61 Å². The molecule has 0 aliphatic carbocycles. The first-order valence-corrected chi connectivity index (χ1v) is 8.99. The summed E-state index contributed by atoms with van der Waals surface area (Å²) in [7, 11) is 0. The molecule has 0 fully saturated rings. The summed E-state index contributed by atoms with van der Waals surface area (Å²) in [5.41, 5.74) is 2.72. The monoisotopic (exact) mass is 353 g/mol. The molecule has 1 N–H and O–H groups in total. The van der Waals surface area contributed by atoms with Gasteiger partial charge in [-0.15, -0.1) is 0 Å². The van der Waals surface area contributed by atoms with Gasteiger partial charge in [-0.3, -0.25) is 0 Å². The van der Waals surface area contributed by atoms with Gasteiger partial charge < -0.3 is 10.1 Å². The molecular weight excluding hydrogens is 326 g/mol. The van der Waals surface area contributed by atoms with E-state index in [1.54, 1.807) is 0 Å². The van der Waals surface area contributed by atoms with Gasteiger partial charge in [-0.25, -0.2) is 0 Å². The van der Waals surface area contributed by atoms with Crippen molar-refractivity contribution in [1.29, 1.82) is 0 Å². The number of hydrogen-bond donors (Lipinski definition) is 1. The van der Waals surface area contributed by atoms with Crippen LogP contribution in [0.25, 0.3) is 0 Å². The summed E-state index contributed by atoms with van der Waals surface area (Å²) < 4.78 is 7.06. The highest BCUT2D eigenvalue weighted by Crippen LogP contribution is 2.35. The molecule has 0 bridgehead atoms. The molecule has 1 aromatic carbocycles. The van der Waals surface area contributed by atoms with Crippen molar-refractivity contribution in [2.45, 2.75) is 53.0 Å². The van der Waals surface area contributed by atoms with Crippen LogP contribution in [-0.4, -0.2) is 19.2 Å². The Balaban J connectivity index is 2.17. The zero-order valence-corrected chi connectivity index (χ0v) is 15.3. The van der Waals surface area contributed by atoms with Crippen molar-refractivity contribution in [2.75, 3.05) is 13.2 Å². The van der Waals surface area contributed by atoms with Crippen molar-refractivity contribution in [2.24, 2.45) is 11.8 Å². The van der Waals surface area contributed by atoms with E-state index in [2.05, 4.69) is 61.1 Å². The summed E-state index contributed by atoms with van der Waals surface area (Å²) in [4.78, 5) is 0. The van der Waals surface area contributed by atoms with Crippen molar-refractivity contribution in [3.63, 3.8) is 0 Å². The average molecular weight is 354 g/mol. The fraction of sp³-hybridized carbons (Fsp3) is 0.667. The molecule has 2 atom stereocenters. The lowest BCUT2D eigenvalue weighted by atomic mass is 9.83. The van der Waals surface area contributed by atoms with Crippen molar-refractivity contribution in [3.05, 3.63) is 27.7 Å². The van der Waals surface area contributed by atoms with Gasteiger partial charge in [-0.05, 0) is 61.4 Å². The minimum Gasteiger partial charge on any atom is -0.493 e. The maximum Gasteiger partial charge on any atom is 0.125 e. The molecule has 1 aliphatic heterocycles. The van der Waals surface area contributed by atoms with E-state index in [0.717, 1.165) is 31.7 Å². The molecule has 0 aromatic heterocycles. The van der Waals surface area contributed by atoms with Crippen molar-refractivity contribution in [3.8, 4) is 5.75 Å². The fourth-order valence-electron chi connectivity index (χ4n) is 3.26. The predicted molar refractivity (Wildman–Crippen MR) is 93.1 cm³/mol. The molecule has 2 unspecified atom stereocenters. The maximum atomic E-state index is 5.88. The summed E-state index contributed by atoms with van der Waals surface area (Å²) >= 11 is 3.65. The van der Waals surface area contributed by atoms with E-state index in [4.69, 9.17) is 4.74 Å². The van der Waals surface area contributed by atoms with E-state index in [1.807, 2.05) is 0 Å². The second kappa shape index (κ2) is 7.64. The van der Waals surface area contributed by atoms with Crippen LogP contribution >= 0.6 is 15.9 Å². The largest absolute Gasteiger partial charge is 0.493 e. The van der Waals surface area contributed by atoms with E-state index in [-0.39, 0.29) is 0 Å². The first kappa shape index (κ1) is 16.8. The van der Waals surface area contributed by atoms with Gasteiger partial charge in [0.25, 0.3) is 0 Å². The van der Waals surface area contributed by atoms with Crippen LogP contribution < -0.4 is 10.1 Å². The number of rotatable bonds is 7. The summed E-state index contributed by atoms with van der Waals surface area (Å²) in [5.74, 6) is 2.42. The van der Waals surface area contributed by atoms with Crippen LogP contribution in [0, 0.1) is 11.8 Å². The number of fused-ring (bicyclic) bond motifs is 1. The fourth-order valence-corrected chi connectivity index (χ4v) is 3.82. The van der Waals surface area contributed by atoms with Crippen molar-refractivity contribution < 1.29 is 4.74 Å². The first-order valence-electron chi connectivity index (χ1n) is 8.20. The third-order valence-electron chi connectivity index (χ3n) is 4.50. The van der Waals surface area contributed by atoms with Crippen LogP contribution in [-0.2, 0) is 12.8 Å². The van der Waals surface area contributed by atoms with Crippen molar-refractivity contribution in [1.82, 2.24) is 5.32 Å². The van der Waals surface area contributed by atoms with E-state index in [9.17, 15) is 0 Å². The quantitative estimate of drug-likeness (QED) is 0.773. The number of benzene rings is 1. The minimum atomic E-state index is 0.529. The molecule has 0 saturated carbocycles. The second-order valence-electron chi connectivity index (χ2n) is 6.51. The molecular formula is C18H28BrNO. The molecule has 1 heterocycles. The lowest BCUT2D eigenvalue weighted by Crippen LogP contribution is -2.37. The summed E-state index contributed by atoms with van der Waals surface area (Å²) in [6.07, 6.45) is 3.31. The lowest BCUT2D eigenvalue weighted by molar-refractivity contribution is 0.284. The van der Waals surface area contributed by atoms with Gasteiger partial charge in [0, 0.05) is 16.9 Å². The Morgan fingerprint density at radius 3 is 2.71 bits per heavy atom. The van der Waals surface area contributed by atoms with Crippen LogP contribution in [0.5, 0.6) is 5.75 Å². The third kappa shape index (κ3) is 4.23. The smallest absolute Gasteiger partial charge is 0.125 e. The Kier molecular flexibility index (Phi) is 6.12. The van der Waals surface area contributed by atoms with Crippen LogP contribution in [0.3, 0.4) is 0 Å². The third-order valence-corrected chi connectivity index (χ3v) is 4.95. The summed E-state index contributed by atoms with van der Waals surface area (Å²) in [5, 5.41) is 3.66. The molecule has 21 heavy (non-hydrogen) atoms. The van der Waals surface area contributed by atoms with E-state index >= 15 is 0 Å². The van der Waals surface area contributed by atoms with Gasteiger partial charge in [0.1, 0.15) is 5.75 Å². The van der Waals surface area contributed by atoms with Crippen LogP contribution in [0.1, 0.15) is 45.2 Å². The summed E-state index contributed by atoms with van der Waals surface area (Å²) in [6.45, 7) is 11.1. The Morgan fingerprint density at radius 2 is 2.05 bits per heavy atom. The normalized spacial score (nSPS) is 16.7. The molecule has 0 radical (unpaired) electrons. The van der Waals surface area contributed by atoms with Gasteiger partial charge in [-0.1, -0.05) is 36.7 Å². The number of ether oxygens (including phenoxy) is 1. The molecule has 1 aromatic rings. The topological polar surface area (TPSA) is 21.3 Å². The van der Waals surface area contributed by atoms with E-state index in [0.29, 0.717) is 17.9 Å². The van der Waals surface area contributed by atoms with Gasteiger partial charge in [-0.2, -0.15) is 0 Å². The first-order chi connectivity index (χ1) is 10.0. The zero-order valence-electron chi connectivity index (χ0n) is 13.7. The van der Waals surface area contributed by atoms with Gasteiger partial charge in [0.15, 0.2) is 0 Å². The molecule has 2 rings (SSSR count). The highest BCUT2D eigenvalue weighted by molar-refractivity contribution is 9.10. The van der Waals surface area contributed by atoms with Crippen LogP contribution in [0.15, 0.2) is 16.6 Å². The van der Waals surface area contributed by atoms with Gasteiger partial charge in [0.2, 0.25) is 0 Å². The Hall–Kier alpha value is -0.540. The van der Waals surface area contributed by atoms with Crippen molar-refractivity contribution >= 4 is 15.9 Å². The minimum absolute atomic E-state index is 0.529. The standard InChI is InChI=1S/C18H28BrNO/c1-5-7-20-13(4)17(12(2)3)11-15-10-16(19)9-14-6-8-21-18(14)15/h9-10,12-13,17,20H,5-8,11H2,1-4H3. The lowest BCUT2D eigenvalue weighted by Gasteiger charge is -2.29. The van der Waals surface area contributed by atoms with E-state index < -0.39 is 0 Å². The average Bonchev–Trinajstić information content (AvgIpc) is 2.89. The Labute approximate surface area is 137 Å². The summed E-state index contributed by atoms with van der Waals surface area (Å²) in [6, 6.07) is 4.97. The SMILES string of the molecule is CCCNC(C)C(Cc1cc(Br)cc2c1OCC2)C(C)C. The Morgan fingerprint density at radius 1 is 1.29 bits per heavy atom. The van der Waals surface area contributed by atoms with E-state index in [1.165, 1.54) is 22.0 Å². The number of nitrogens with one attached hydrogen (secondary N) is 1. The highest BCUT2D eigenvalue weighted by Gasteiger charge is 2.25. The highest BCUT2D eigenvalue weighted by atomic mass is 79.9. The molecule has 1 aliphatic rings. The molecule has 0 spiro atoms. The number of halogens is 1. The van der Waals surface area contributed by atoms with Crippen LogP contribution in [0.2, 0.25) is 0 Å². The molecule has 3 heteroatoms. The maximum absolute atomic E-state index is 5.88. The molecule has 0 saturated heterocycles. The van der Waals surface area contributed by atoms with Gasteiger partial charge >= 0.3 is 0 Å². The Bertz CT molecular complexity index is 473. The van der Waals surface area contributed by atoms with Crippen LogP contribution in [0.4, 0.5) is 0 Å². The molecule has 2 nitrogen and oxygen atoms in total.